The van der Waals surface area contributed by atoms with Crippen LogP contribution in [0.2, 0.25) is 5.02 Å². The van der Waals surface area contributed by atoms with E-state index in [4.69, 9.17) is 16.3 Å². The summed E-state index contributed by atoms with van der Waals surface area (Å²) in [4.78, 5) is 2.21. The van der Waals surface area contributed by atoms with Crippen LogP contribution in [-0.2, 0) is 4.74 Å². The van der Waals surface area contributed by atoms with Crippen LogP contribution in [-0.4, -0.2) is 85.0 Å². The molecular weight excluding hydrogens is 565 g/mol. The van der Waals surface area contributed by atoms with Crippen molar-refractivity contribution in [2.24, 2.45) is 0 Å². The summed E-state index contributed by atoms with van der Waals surface area (Å²) in [5, 5.41) is 41.1. The number of aromatic nitrogens is 6. The van der Waals surface area contributed by atoms with Gasteiger partial charge in [-0.15, -0.1) is 15.3 Å². The molecule has 0 aliphatic carbocycles. The summed E-state index contributed by atoms with van der Waals surface area (Å²) in [5.74, 6) is -3.89. The second kappa shape index (κ2) is 11.4. The predicted molar refractivity (Wildman–Crippen MR) is 141 cm³/mol. The first-order valence-corrected chi connectivity index (χ1v) is 13.4. The molecule has 3 N–H and O–H groups in total. The molecule has 15 heteroatoms. The Labute approximate surface area is 237 Å². The van der Waals surface area contributed by atoms with E-state index in [0.29, 0.717) is 16.5 Å². The van der Waals surface area contributed by atoms with E-state index in [2.05, 4.69) is 30.7 Å². The van der Waals surface area contributed by atoms with Gasteiger partial charge in [-0.3, -0.25) is 4.57 Å². The summed E-state index contributed by atoms with van der Waals surface area (Å²) in [6, 6.07) is 6.52. The molecule has 41 heavy (non-hydrogen) atoms. The molecule has 11 nitrogen and oxygen atoms in total. The number of hydrogen-bond donors (Lipinski definition) is 3. The highest BCUT2D eigenvalue weighted by Gasteiger charge is 2.41. The van der Waals surface area contributed by atoms with Gasteiger partial charge in [-0.2, -0.15) is 0 Å². The van der Waals surface area contributed by atoms with Crippen LogP contribution in [0.3, 0.4) is 0 Å². The van der Waals surface area contributed by atoms with Crippen molar-refractivity contribution in [2.45, 2.75) is 30.8 Å². The Hall–Kier alpha value is -3.56. The number of ether oxygens (including phenoxy) is 1. The fourth-order valence-electron chi connectivity index (χ4n) is 5.28. The standard InChI is InChI=1S/C26H26ClF3N8O3/c27-16-9-15(1-2-20(16)36-5-3-31-4-6-36)37-13-32-34-26(37)22-10-21(25(40)23(12-39)41-22)38-11-19(33-35-38)14-7-17(28)24(30)18(29)8-14/h1-2,7-9,11,13,21-23,25,31,39-40H,3-6,10,12H2/t21-,22-,23-,25-/m1/s1. The normalized spacial score (nSPS) is 23.2. The Morgan fingerprint density at radius 1 is 1.07 bits per heavy atom. The minimum atomic E-state index is -1.58. The minimum absolute atomic E-state index is 0.0228. The van der Waals surface area contributed by atoms with E-state index >= 15 is 0 Å². The lowest BCUT2D eigenvalue weighted by atomic mass is 9.95. The summed E-state index contributed by atoms with van der Waals surface area (Å²) in [5.41, 5.74) is 1.67. The van der Waals surface area contributed by atoms with Gasteiger partial charge >= 0.3 is 0 Å². The third-order valence-electron chi connectivity index (χ3n) is 7.41. The number of anilines is 1. The Bertz CT molecular complexity index is 1520. The summed E-state index contributed by atoms with van der Waals surface area (Å²) in [6.45, 7) is 2.93. The average molecular weight is 591 g/mol. The van der Waals surface area contributed by atoms with Gasteiger partial charge in [0, 0.05) is 38.2 Å². The van der Waals surface area contributed by atoms with Gasteiger partial charge in [-0.25, -0.2) is 17.9 Å². The van der Waals surface area contributed by atoms with Gasteiger partial charge in [0.25, 0.3) is 0 Å². The molecule has 0 unspecified atom stereocenters. The first kappa shape index (κ1) is 27.6. The van der Waals surface area contributed by atoms with E-state index in [1.165, 1.54) is 17.2 Å². The molecule has 4 aromatic rings. The van der Waals surface area contributed by atoms with Crippen molar-refractivity contribution in [3.8, 4) is 16.9 Å². The first-order chi connectivity index (χ1) is 19.8. The lowest BCUT2D eigenvalue weighted by Gasteiger charge is -2.38. The SMILES string of the molecule is OC[C@H]1O[C@@H](c2nncn2-c2ccc(N3CCNCC3)c(Cl)c2)C[C@@H](n2cc(-c3cc(F)c(F)c(F)c3)nn2)[C@H]1O. The average Bonchev–Trinajstić information content (AvgIpc) is 3.67. The van der Waals surface area contributed by atoms with Gasteiger partial charge in [0.05, 0.1) is 35.2 Å². The number of hydrogen-bond acceptors (Lipinski definition) is 9. The zero-order chi connectivity index (χ0) is 28.7. The highest BCUT2D eigenvalue weighted by molar-refractivity contribution is 6.33. The molecule has 0 bridgehead atoms. The molecule has 2 aromatic heterocycles. The van der Waals surface area contributed by atoms with Crippen molar-refractivity contribution in [3.05, 3.63) is 71.2 Å². The van der Waals surface area contributed by atoms with Crippen molar-refractivity contribution in [1.29, 1.82) is 0 Å². The van der Waals surface area contributed by atoms with Gasteiger partial charge in [-0.05, 0) is 30.3 Å². The number of halogens is 4. The van der Waals surface area contributed by atoms with Crippen LogP contribution < -0.4 is 10.2 Å². The van der Waals surface area contributed by atoms with Gasteiger partial charge < -0.3 is 25.2 Å². The fraction of sp³-hybridized carbons (Fsp3) is 0.385. The lowest BCUT2D eigenvalue weighted by Crippen LogP contribution is -2.45. The number of piperazine rings is 1. The number of nitrogens with zero attached hydrogens (tertiary/aromatic N) is 7. The van der Waals surface area contributed by atoms with Gasteiger partial charge in [0.2, 0.25) is 0 Å². The molecule has 2 aliphatic rings. The number of aliphatic hydroxyl groups is 2. The zero-order valence-electron chi connectivity index (χ0n) is 21.5. The van der Waals surface area contributed by atoms with Gasteiger partial charge in [0.15, 0.2) is 23.3 Å². The molecule has 0 amide bonds. The van der Waals surface area contributed by atoms with E-state index in [1.54, 1.807) is 4.57 Å². The number of rotatable bonds is 6. The number of aliphatic hydroxyl groups excluding tert-OH is 2. The highest BCUT2D eigenvalue weighted by Crippen LogP contribution is 2.38. The van der Waals surface area contributed by atoms with Crippen LogP contribution in [0.25, 0.3) is 16.9 Å². The van der Waals surface area contributed by atoms with Crippen LogP contribution in [0.15, 0.2) is 42.9 Å². The van der Waals surface area contributed by atoms with Gasteiger partial charge in [0.1, 0.15) is 30.3 Å². The second-order valence-electron chi connectivity index (χ2n) is 9.91. The highest BCUT2D eigenvalue weighted by atomic mass is 35.5. The van der Waals surface area contributed by atoms with E-state index < -0.39 is 48.4 Å². The number of benzene rings is 2. The smallest absolute Gasteiger partial charge is 0.194 e. The maximum Gasteiger partial charge on any atom is 0.194 e. The molecular formula is C26H26ClF3N8O3. The molecule has 2 aromatic carbocycles. The van der Waals surface area contributed by atoms with Crippen molar-refractivity contribution < 1.29 is 28.1 Å². The quantitative estimate of drug-likeness (QED) is 0.290. The minimum Gasteiger partial charge on any atom is -0.394 e. The monoisotopic (exact) mass is 590 g/mol. The fourth-order valence-corrected chi connectivity index (χ4v) is 5.57. The molecule has 2 aliphatic heterocycles. The molecule has 2 saturated heterocycles. The number of nitrogens with one attached hydrogen (secondary N) is 1. The molecule has 0 radical (unpaired) electrons. The maximum absolute atomic E-state index is 13.8. The molecule has 4 heterocycles. The van der Waals surface area contributed by atoms with Crippen molar-refractivity contribution in [3.63, 3.8) is 0 Å². The van der Waals surface area contributed by atoms with Crippen molar-refractivity contribution in [1.82, 2.24) is 35.1 Å². The first-order valence-electron chi connectivity index (χ1n) is 13.0. The van der Waals surface area contributed by atoms with E-state index in [9.17, 15) is 23.4 Å². The Kier molecular flexibility index (Phi) is 7.66. The lowest BCUT2D eigenvalue weighted by molar-refractivity contribution is -0.161. The van der Waals surface area contributed by atoms with Crippen LogP contribution in [0.5, 0.6) is 0 Å². The van der Waals surface area contributed by atoms with Crippen LogP contribution >= 0.6 is 11.6 Å². The molecule has 216 valence electrons. The van der Waals surface area contributed by atoms with Crippen LogP contribution in [0, 0.1) is 17.5 Å². The van der Waals surface area contributed by atoms with E-state index in [1.807, 2.05) is 18.2 Å². The molecule has 6 rings (SSSR count). The van der Waals surface area contributed by atoms with Crippen LogP contribution in [0.4, 0.5) is 18.9 Å². The zero-order valence-corrected chi connectivity index (χ0v) is 22.3. The second-order valence-corrected chi connectivity index (χ2v) is 10.3. The third-order valence-corrected chi connectivity index (χ3v) is 7.71. The third kappa shape index (κ3) is 5.28. The summed E-state index contributed by atoms with van der Waals surface area (Å²) in [6.07, 6.45) is 0.123. The molecule has 0 saturated carbocycles. The Morgan fingerprint density at radius 3 is 2.54 bits per heavy atom. The predicted octanol–water partition coefficient (Wildman–Crippen LogP) is 2.43. The van der Waals surface area contributed by atoms with E-state index in [-0.39, 0.29) is 17.7 Å². The molecule has 2 fully saturated rings. The summed E-state index contributed by atoms with van der Waals surface area (Å²) < 4.78 is 50.1. The Morgan fingerprint density at radius 2 is 1.83 bits per heavy atom. The van der Waals surface area contributed by atoms with E-state index in [0.717, 1.165) is 44.0 Å². The summed E-state index contributed by atoms with van der Waals surface area (Å²) >= 11 is 6.67. The maximum atomic E-state index is 13.8. The van der Waals surface area contributed by atoms with Crippen molar-refractivity contribution in [2.75, 3.05) is 37.7 Å². The van der Waals surface area contributed by atoms with Crippen molar-refractivity contribution >= 4 is 17.3 Å². The molecule has 4 atom stereocenters. The topological polar surface area (TPSA) is 126 Å². The Balaban J connectivity index is 1.28. The largest absolute Gasteiger partial charge is 0.394 e. The van der Waals surface area contributed by atoms with Crippen LogP contribution in [0.1, 0.15) is 24.4 Å². The van der Waals surface area contributed by atoms with Gasteiger partial charge in [-0.1, -0.05) is 16.8 Å². The molecule has 0 spiro atoms. The summed E-state index contributed by atoms with van der Waals surface area (Å²) in [7, 11) is 0.